The second-order valence-corrected chi connectivity index (χ2v) is 5.34. The number of carbonyl (C=O) groups excluding carboxylic acids is 3. The second-order valence-electron chi connectivity index (χ2n) is 3.81. The number of para-hydroxylation sites is 1. The quantitative estimate of drug-likeness (QED) is 0.346. The van der Waals surface area contributed by atoms with Crippen molar-refractivity contribution in [2.45, 2.75) is 6.92 Å². The van der Waals surface area contributed by atoms with Crippen LogP contribution >= 0.6 is 45.2 Å². The summed E-state index contributed by atoms with van der Waals surface area (Å²) in [7, 11) is 0. The minimum atomic E-state index is -0.549. The van der Waals surface area contributed by atoms with Crippen LogP contribution in [0, 0.1) is 0 Å². The monoisotopic (exact) mass is 516 g/mol. The highest BCUT2D eigenvalue weighted by Gasteiger charge is 2.18. The van der Waals surface area contributed by atoms with Gasteiger partial charge in [-0.25, -0.2) is 4.79 Å². The molecule has 0 aromatic heterocycles. The Balaban J connectivity index is 3.22. The van der Waals surface area contributed by atoms with Crippen LogP contribution in [0.1, 0.15) is 17.3 Å². The molecule has 0 aliphatic carbocycles. The molecule has 1 rings (SSSR count). The number of halogens is 2. The van der Waals surface area contributed by atoms with Crippen molar-refractivity contribution in [2.75, 3.05) is 26.1 Å². The first-order valence-electron chi connectivity index (χ1n) is 6.05. The molecule has 0 heterocycles. The Bertz CT molecular complexity index is 549. The van der Waals surface area contributed by atoms with Crippen LogP contribution in [0.3, 0.4) is 0 Å². The molecule has 1 aromatic carbocycles. The molecule has 0 spiro atoms. The van der Waals surface area contributed by atoms with E-state index in [1.807, 2.05) is 45.2 Å². The number of hydrogen-bond acceptors (Lipinski definition) is 4. The van der Waals surface area contributed by atoms with E-state index in [4.69, 9.17) is 4.74 Å². The first-order valence-corrected chi connectivity index (χ1v) is 9.10. The summed E-state index contributed by atoms with van der Waals surface area (Å²) < 4.78 is 5.46. The van der Waals surface area contributed by atoms with Crippen molar-refractivity contribution in [2.24, 2.45) is 0 Å². The minimum Gasteiger partial charge on any atom is -0.462 e. The number of rotatable bonds is 6. The SMILES string of the molecule is CCOC(=O)c1cccc(NC(=O)CI)c1NC(=O)CI. The highest BCUT2D eigenvalue weighted by molar-refractivity contribution is 14.1. The van der Waals surface area contributed by atoms with Crippen molar-refractivity contribution in [3.63, 3.8) is 0 Å². The fourth-order valence-corrected chi connectivity index (χ4v) is 1.91. The fourth-order valence-electron chi connectivity index (χ4n) is 1.53. The average molecular weight is 516 g/mol. The molecule has 0 radical (unpaired) electrons. The predicted molar refractivity (Wildman–Crippen MR) is 97.4 cm³/mol. The van der Waals surface area contributed by atoms with E-state index in [0.29, 0.717) is 5.69 Å². The van der Waals surface area contributed by atoms with Gasteiger partial charge < -0.3 is 15.4 Å². The van der Waals surface area contributed by atoms with Crippen LogP contribution in [0.15, 0.2) is 18.2 Å². The van der Waals surface area contributed by atoms with E-state index in [1.54, 1.807) is 25.1 Å². The number of amides is 2. The van der Waals surface area contributed by atoms with Gasteiger partial charge in [0.25, 0.3) is 0 Å². The Morgan fingerprint density at radius 3 is 2.29 bits per heavy atom. The maximum atomic E-state index is 12.0. The summed E-state index contributed by atoms with van der Waals surface area (Å²) in [6.07, 6.45) is 0. The van der Waals surface area contributed by atoms with E-state index < -0.39 is 5.97 Å². The summed E-state index contributed by atoms with van der Waals surface area (Å²) in [6.45, 7) is 1.92. The normalized spacial score (nSPS) is 9.86. The largest absolute Gasteiger partial charge is 0.462 e. The van der Waals surface area contributed by atoms with Crippen molar-refractivity contribution < 1.29 is 19.1 Å². The zero-order valence-corrected chi connectivity index (χ0v) is 15.6. The van der Waals surface area contributed by atoms with Gasteiger partial charge in [-0.05, 0) is 19.1 Å². The third kappa shape index (κ3) is 5.41. The maximum Gasteiger partial charge on any atom is 0.340 e. The molecule has 0 aliphatic rings. The van der Waals surface area contributed by atoms with Crippen molar-refractivity contribution in [3.8, 4) is 0 Å². The van der Waals surface area contributed by atoms with E-state index in [-0.39, 0.29) is 38.5 Å². The third-order valence-corrected chi connectivity index (χ3v) is 3.73. The molecule has 21 heavy (non-hydrogen) atoms. The number of alkyl halides is 2. The molecule has 0 aliphatic heterocycles. The van der Waals surface area contributed by atoms with Crippen LogP contribution in [0.4, 0.5) is 11.4 Å². The number of ether oxygens (including phenoxy) is 1. The number of carbonyl (C=O) groups is 3. The predicted octanol–water partition coefficient (Wildman–Crippen LogP) is 2.61. The number of anilines is 2. The molecule has 6 nitrogen and oxygen atoms in total. The van der Waals surface area contributed by atoms with Gasteiger partial charge in [0.15, 0.2) is 0 Å². The summed E-state index contributed by atoms with van der Waals surface area (Å²) in [6, 6.07) is 4.78. The standard InChI is InChI=1S/C13H14I2N2O4/c1-2-21-13(20)8-4-3-5-9(16-10(18)6-14)12(8)17-11(19)7-15/h3-5H,2,6-7H2,1H3,(H,16,18)(H,17,19). The van der Waals surface area contributed by atoms with Gasteiger partial charge in [0.2, 0.25) is 11.8 Å². The van der Waals surface area contributed by atoms with E-state index in [1.165, 1.54) is 0 Å². The third-order valence-electron chi connectivity index (χ3n) is 2.34. The minimum absolute atomic E-state index is 0.210. The molecule has 0 atom stereocenters. The van der Waals surface area contributed by atoms with E-state index in [9.17, 15) is 14.4 Å². The molecular formula is C13H14I2N2O4. The Morgan fingerprint density at radius 1 is 1.10 bits per heavy atom. The van der Waals surface area contributed by atoms with Gasteiger partial charge >= 0.3 is 5.97 Å². The lowest BCUT2D eigenvalue weighted by Gasteiger charge is -2.15. The van der Waals surface area contributed by atoms with Gasteiger partial charge in [-0.15, -0.1) is 0 Å². The first kappa shape index (κ1) is 18.1. The van der Waals surface area contributed by atoms with Gasteiger partial charge in [-0.1, -0.05) is 51.2 Å². The molecule has 0 saturated heterocycles. The summed E-state index contributed by atoms with van der Waals surface area (Å²) in [4.78, 5) is 35.1. The summed E-state index contributed by atoms with van der Waals surface area (Å²) >= 11 is 3.84. The van der Waals surface area contributed by atoms with Crippen LogP contribution in [0.25, 0.3) is 0 Å². The van der Waals surface area contributed by atoms with Crippen LogP contribution in [0.5, 0.6) is 0 Å². The van der Waals surface area contributed by atoms with Crippen LogP contribution < -0.4 is 10.6 Å². The zero-order chi connectivity index (χ0) is 15.8. The van der Waals surface area contributed by atoms with Gasteiger partial charge in [-0.2, -0.15) is 0 Å². The zero-order valence-electron chi connectivity index (χ0n) is 11.2. The number of hydrogen-bond donors (Lipinski definition) is 2. The molecule has 0 fully saturated rings. The summed E-state index contributed by atoms with van der Waals surface area (Å²) in [5.41, 5.74) is 0.845. The molecule has 2 N–H and O–H groups in total. The highest BCUT2D eigenvalue weighted by atomic mass is 127. The molecule has 0 bridgehead atoms. The van der Waals surface area contributed by atoms with Gasteiger partial charge in [-0.3, -0.25) is 9.59 Å². The molecule has 114 valence electrons. The average Bonchev–Trinajstić information content (AvgIpc) is 2.48. The molecule has 8 heteroatoms. The van der Waals surface area contributed by atoms with Crippen molar-refractivity contribution in [1.29, 1.82) is 0 Å². The van der Waals surface area contributed by atoms with Crippen LogP contribution in [0.2, 0.25) is 0 Å². The molecule has 0 saturated carbocycles. The van der Waals surface area contributed by atoms with Crippen molar-refractivity contribution >= 4 is 74.3 Å². The molecular weight excluding hydrogens is 502 g/mol. The van der Waals surface area contributed by atoms with Crippen molar-refractivity contribution in [3.05, 3.63) is 23.8 Å². The molecule has 0 unspecified atom stereocenters. The smallest absolute Gasteiger partial charge is 0.340 e. The maximum absolute atomic E-state index is 12.0. The molecule has 1 aromatic rings. The number of nitrogens with one attached hydrogen (secondary N) is 2. The Kier molecular flexibility index (Phi) is 7.93. The van der Waals surface area contributed by atoms with Crippen LogP contribution in [-0.2, 0) is 14.3 Å². The Labute approximate surface area is 149 Å². The van der Waals surface area contributed by atoms with Gasteiger partial charge in [0.1, 0.15) is 0 Å². The van der Waals surface area contributed by atoms with Gasteiger partial charge in [0.05, 0.1) is 32.4 Å². The van der Waals surface area contributed by atoms with E-state index in [0.717, 1.165) is 0 Å². The van der Waals surface area contributed by atoms with Gasteiger partial charge in [0, 0.05) is 0 Å². The lowest BCUT2D eigenvalue weighted by molar-refractivity contribution is -0.114. The lowest BCUT2D eigenvalue weighted by atomic mass is 10.1. The fraction of sp³-hybridized carbons (Fsp3) is 0.308. The van der Waals surface area contributed by atoms with E-state index in [2.05, 4.69) is 10.6 Å². The molecule has 2 amide bonds. The number of esters is 1. The van der Waals surface area contributed by atoms with E-state index >= 15 is 0 Å². The summed E-state index contributed by atoms with van der Waals surface area (Å²) in [5.74, 6) is -1.04. The summed E-state index contributed by atoms with van der Waals surface area (Å²) in [5, 5.41) is 5.29. The highest BCUT2D eigenvalue weighted by Crippen LogP contribution is 2.27. The van der Waals surface area contributed by atoms with Crippen molar-refractivity contribution in [1.82, 2.24) is 0 Å². The Morgan fingerprint density at radius 2 is 1.71 bits per heavy atom. The second kappa shape index (κ2) is 9.18. The Hall–Kier alpha value is -0.910. The topological polar surface area (TPSA) is 84.5 Å². The number of benzene rings is 1. The first-order chi connectivity index (χ1) is 10.0. The van der Waals surface area contributed by atoms with Crippen LogP contribution in [-0.4, -0.2) is 33.2 Å². The lowest BCUT2D eigenvalue weighted by Crippen LogP contribution is -2.20.